The number of nitrogens with one attached hydrogen (secondary N) is 1. The summed E-state index contributed by atoms with van der Waals surface area (Å²) in [5, 5.41) is 7.05. The number of methoxy groups -OCH3 is 1. The van der Waals surface area contributed by atoms with Crippen LogP contribution in [0.15, 0.2) is 16.2 Å². The second kappa shape index (κ2) is 3.09. The van der Waals surface area contributed by atoms with Crippen LogP contribution >= 0.6 is 0 Å². The van der Waals surface area contributed by atoms with Gasteiger partial charge in [0.1, 0.15) is 11.5 Å². The predicted octanol–water partition coefficient (Wildman–Crippen LogP) is 2.21. The van der Waals surface area contributed by atoms with E-state index in [1.165, 1.54) is 11.8 Å². The van der Waals surface area contributed by atoms with Crippen molar-refractivity contribution in [3.8, 4) is 0 Å². The Kier molecular flexibility index (Phi) is 1.93. The van der Waals surface area contributed by atoms with E-state index in [0.29, 0.717) is 5.76 Å². The van der Waals surface area contributed by atoms with Gasteiger partial charge in [0.05, 0.1) is 19.1 Å². The van der Waals surface area contributed by atoms with Gasteiger partial charge >= 0.3 is 0 Å². The number of aryl methyl sites for hydroxylation is 1. The number of rotatable bonds is 2. The van der Waals surface area contributed by atoms with Crippen LogP contribution in [-0.2, 0) is 11.2 Å². The third kappa shape index (κ3) is 1.37. The molecule has 1 N–H and O–H groups in total. The molecular weight excluding hydrogens is 166 g/mol. The van der Waals surface area contributed by atoms with E-state index in [0.717, 1.165) is 24.4 Å². The average Bonchev–Trinajstić information content (AvgIpc) is 2.58. The van der Waals surface area contributed by atoms with Crippen LogP contribution in [0.4, 0.5) is 0 Å². The first kappa shape index (κ1) is 8.10. The fraction of sp³-hybridized carbons (Fsp3) is 0.300. The normalized spacial score (nSPS) is 14.7. The van der Waals surface area contributed by atoms with Gasteiger partial charge in [0.15, 0.2) is 0 Å². The standard InChI is InChI=1S/C10H11NO2/c1-12-8-3-2-7-4-9(6-11)13-10(7)5-8/h4-6,11H,2-3H2,1H3. The average molecular weight is 177 g/mol. The fourth-order valence-corrected chi connectivity index (χ4v) is 1.49. The Morgan fingerprint density at radius 3 is 3.08 bits per heavy atom. The topological polar surface area (TPSA) is 46.2 Å². The molecule has 0 saturated carbocycles. The maximum Gasteiger partial charge on any atom is 0.145 e. The van der Waals surface area contributed by atoms with Crippen LogP contribution in [0.3, 0.4) is 0 Å². The van der Waals surface area contributed by atoms with Crippen LogP contribution in [-0.4, -0.2) is 13.3 Å². The van der Waals surface area contributed by atoms with Crippen LogP contribution in [0.25, 0.3) is 6.08 Å². The molecule has 0 aromatic carbocycles. The summed E-state index contributed by atoms with van der Waals surface area (Å²) in [4.78, 5) is 0. The summed E-state index contributed by atoms with van der Waals surface area (Å²) in [6.07, 6.45) is 4.97. The highest BCUT2D eigenvalue weighted by molar-refractivity contribution is 5.74. The molecule has 13 heavy (non-hydrogen) atoms. The van der Waals surface area contributed by atoms with E-state index in [4.69, 9.17) is 14.6 Å². The summed E-state index contributed by atoms with van der Waals surface area (Å²) in [6.45, 7) is 0. The summed E-state index contributed by atoms with van der Waals surface area (Å²) < 4.78 is 10.5. The maximum atomic E-state index is 7.05. The Morgan fingerprint density at radius 1 is 1.54 bits per heavy atom. The number of ether oxygens (including phenoxy) is 1. The van der Waals surface area contributed by atoms with Gasteiger partial charge in [-0.2, -0.15) is 0 Å². The van der Waals surface area contributed by atoms with E-state index < -0.39 is 0 Å². The molecule has 1 aliphatic carbocycles. The largest absolute Gasteiger partial charge is 0.501 e. The second-order valence-corrected chi connectivity index (χ2v) is 3.00. The summed E-state index contributed by atoms with van der Waals surface area (Å²) in [7, 11) is 1.66. The molecule has 0 fully saturated rings. The van der Waals surface area contributed by atoms with Crippen LogP contribution in [0, 0.1) is 5.41 Å². The van der Waals surface area contributed by atoms with Crippen molar-refractivity contribution < 1.29 is 9.15 Å². The predicted molar refractivity (Wildman–Crippen MR) is 49.9 cm³/mol. The van der Waals surface area contributed by atoms with Crippen LogP contribution < -0.4 is 0 Å². The SMILES string of the molecule is COC1=Cc2oc(C=N)cc2CC1. The van der Waals surface area contributed by atoms with E-state index >= 15 is 0 Å². The number of hydrogen-bond donors (Lipinski definition) is 1. The van der Waals surface area contributed by atoms with Gasteiger partial charge < -0.3 is 14.6 Å². The molecule has 1 aliphatic rings. The van der Waals surface area contributed by atoms with Crippen molar-refractivity contribution in [3.63, 3.8) is 0 Å². The molecule has 1 aromatic heterocycles. The van der Waals surface area contributed by atoms with Gasteiger partial charge in [-0.05, 0) is 18.1 Å². The molecule has 0 spiro atoms. The molecule has 0 atom stereocenters. The fourth-order valence-electron chi connectivity index (χ4n) is 1.49. The Balaban J connectivity index is 2.39. The van der Waals surface area contributed by atoms with Gasteiger partial charge in [-0.15, -0.1) is 0 Å². The van der Waals surface area contributed by atoms with Crippen molar-refractivity contribution in [2.75, 3.05) is 7.11 Å². The molecule has 1 aromatic rings. The highest BCUT2D eigenvalue weighted by Crippen LogP contribution is 2.26. The first-order chi connectivity index (χ1) is 6.33. The summed E-state index contributed by atoms with van der Waals surface area (Å²) >= 11 is 0. The van der Waals surface area contributed by atoms with Crippen molar-refractivity contribution in [2.45, 2.75) is 12.8 Å². The molecule has 0 radical (unpaired) electrons. The molecule has 68 valence electrons. The molecule has 3 heteroatoms. The van der Waals surface area contributed by atoms with E-state index in [-0.39, 0.29) is 0 Å². The Morgan fingerprint density at radius 2 is 2.38 bits per heavy atom. The Bertz CT molecular complexity index is 363. The lowest BCUT2D eigenvalue weighted by molar-refractivity contribution is 0.278. The minimum atomic E-state index is 0.610. The molecule has 0 aliphatic heterocycles. The Hall–Kier alpha value is -1.51. The maximum absolute atomic E-state index is 7.05. The zero-order valence-corrected chi connectivity index (χ0v) is 7.46. The third-order valence-electron chi connectivity index (χ3n) is 2.20. The minimum Gasteiger partial charge on any atom is -0.501 e. The van der Waals surface area contributed by atoms with Crippen molar-refractivity contribution in [2.24, 2.45) is 0 Å². The van der Waals surface area contributed by atoms with Gasteiger partial charge in [-0.25, -0.2) is 0 Å². The van der Waals surface area contributed by atoms with Gasteiger partial charge in [0.25, 0.3) is 0 Å². The molecule has 0 unspecified atom stereocenters. The summed E-state index contributed by atoms with van der Waals surface area (Å²) in [5.41, 5.74) is 1.17. The van der Waals surface area contributed by atoms with Gasteiger partial charge in [0, 0.05) is 12.5 Å². The number of allylic oxidation sites excluding steroid dienone is 1. The molecule has 1 heterocycles. The summed E-state index contributed by atoms with van der Waals surface area (Å²) in [6, 6.07) is 1.91. The van der Waals surface area contributed by atoms with E-state index in [9.17, 15) is 0 Å². The van der Waals surface area contributed by atoms with Crippen molar-refractivity contribution >= 4 is 12.3 Å². The zero-order chi connectivity index (χ0) is 9.26. The minimum absolute atomic E-state index is 0.610. The summed E-state index contributed by atoms with van der Waals surface area (Å²) in [5.74, 6) is 2.39. The van der Waals surface area contributed by atoms with Crippen LogP contribution in [0.5, 0.6) is 0 Å². The molecular formula is C10H11NO2. The molecule has 0 saturated heterocycles. The molecule has 0 amide bonds. The highest BCUT2D eigenvalue weighted by atomic mass is 16.5. The van der Waals surface area contributed by atoms with Crippen LogP contribution in [0.2, 0.25) is 0 Å². The quantitative estimate of drug-likeness (QED) is 0.704. The lowest BCUT2D eigenvalue weighted by atomic mass is 10.0. The number of hydrogen-bond acceptors (Lipinski definition) is 3. The van der Waals surface area contributed by atoms with Gasteiger partial charge in [-0.3, -0.25) is 0 Å². The van der Waals surface area contributed by atoms with Crippen molar-refractivity contribution in [3.05, 3.63) is 28.9 Å². The number of furan rings is 1. The van der Waals surface area contributed by atoms with Crippen molar-refractivity contribution in [1.29, 1.82) is 5.41 Å². The lowest BCUT2D eigenvalue weighted by Gasteiger charge is -2.09. The molecule has 3 nitrogen and oxygen atoms in total. The van der Waals surface area contributed by atoms with E-state index in [2.05, 4.69) is 0 Å². The molecule has 0 bridgehead atoms. The smallest absolute Gasteiger partial charge is 0.145 e. The first-order valence-corrected chi connectivity index (χ1v) is 4.21. The van der Waals surface area contributed by atoms with Crippen LogP contribution in [0.1, 0.15) is 23.5 Å². The van der Waals surface area contributed by atoms with Gasteiger partial charge in [-0.1, -0.05) is 0 Å². The third-order valence-corrected chi connectivity index (χ3v) is 2.20. The lowest BCUT2D eigenvalue weighted by Crippen LogP contribution is -1.97. The highest BCUT2D eigenvalue weighted by Gasteiger charge is 2.14. The Labute approximate surface area is 76.5 Å². The van der Waals surface area contributed by atoms with E-state index in [1.807, 2.05) is 12.1 Å². The second-order valence-electron chi connectivity index (χ2n) is 3.00. The first-order valence-electron chi connectivity index (χ1n) is 4.21. The van der Waals surface area contributed by atoms with E-state index in [1.54, 1.807) is 7.11 Å². The van der Waals surface area contributed by atoms with Gasteiger partial charge in [0.2, 0.25) is 0 Å². The zero-order valence-electron chi connectivity index (χ0n) is 7.46. The van der Waals surface area contributed by atoms with Crippen molar-refractivity contribution in [1.82, 2.24) is 0 Å². The molecule has 2 rings (SSSR count). The monoisotopic (exact) mass is 177 g/mol. The number of fused-ring (bicyclic) bond motifs is 1.